The van der Waals surface area contributed by atoms with Gasteiger partial charge in [0, 0.05) is 6.54 Å². The second-order valence-electron chi connectivity index (χ2n) is 3.10. The molecule has 0 saturated carbocycles. The summed E-state index contributed by atoms with van der Waals surface area (Å²) in [7, 11) is 0. The van der Waals surface area contributed by atoms with Crippen LogP contribution in [-0.4, -0.2) is 37.6 Å². The van der Waals surface area contributed by atoms with Gasteiger partial charge in [-0.05, 0) is 0 Å². The predicted octanol–water partition coefficient (Wildman–Crippen LogP) is -0.467. The van der Waals surface area contributed by atoms with Crippen molar-refractivity contribution in [2.45, 2.75) is 6.42 Å². The van der Waals surface area contributed by atoms with Gasteiger partial charge in [0.2, 0.25) is 0 Å². The lowest BCUT2D eigenvalue weighted by atomic mass is 10.4. The van der Waals surface area contributed by atoms with Crippen LogP contribution in [0.15, 0.2) is 11.1 Å². The highest BCUT2D eigenvalue weighted by atomic mass is 16.4. The zero-order valence-electron chi connectivity index (χ0n) is 8.15. The highest BCUT2D eigenvalue weighted by Gasteiger charge is 2.06. The third-order valence-corrected chi connectivity index (χ3v) is 1.95. The SMILES string of the molecule is O=C(O)CCNc1ncnc2[nH]c(=O)[nH]c12. The first-order chi connectivity index (χ1) is 7.66. The van der Waals surface area contributed by atoms with Crippen molar-refractivity contribution in [3.8, 4) is 0 Å². The van der Waals surface area contributed by atoms with Crippen molar-refractivity contribution in [3.05, 3.63) is 16.8 Å². The fourth-order valence-electron chi connectivity index (χ4n) is 1.27. The number of carboxylic acids is 1. The molecule has 0 radical (unpaired) electrons. The summed E-state index contributed by atoms with van der Waals surface area (Å²) in [4.78, 5) is 34.1. The van der Waals surface area contributed by atoms with E-state index < -0.39 is 5.97 Å². The zero-order chi connectivity index (χ0) is 11.5. The molecule has 0 saturated heterocycles. The fourth-order valence-corrected chi connectivity index (χ4v) is 1.27. The molecule has 0 aromatic carbocycles. The Labute approximate surface area is 88.7 Å². The van der Waals surface area contributed by atoms with E-state index in [2.05, 4.69) is 25.3 Å². The number of carbonyl (C=O) groups is 1. The van der Waals surface area contributed by atoms with E-state index in [9.17, 15) is 9.59 Å². The van der Waals surface area contributed by atoms with Crippen LogP contribution in [0, 0.1) is 0 Å². The Morgan fingerprint density at radius 3 is 3.00 bits per heavy atom. The van der Waals surface area contributed by atoms with Crippen molar-refractivity contribution in [1.82, 2.24) is 19.9 Å². The van der Waals surface area contributed by atoms with E-state index in [1.54, 1.807) is 0 Å². The van der Waals surface area contributed by atoms with Crippen molar-refractivity contribution in [3.63, 3.8) is 0 Å². The number of hydrogen-bond donors (Lipinski definition) is 4. The van der Waals surface area contributed by atoms with Crippen molar-refractivity contribution < 1.29 is 9.90 Å². The van der Waals surface area contributed by atoms with Crippen LogP contribution in [0.5, 0.6) is 0 Å². The Balaban J connectivity index is 2.23. The Hall–Kier alpha value is -2.38. The van der Waals surface area contributed by atoms with Crippen LogP contribution in [0.1, 0.15) is 6.42 Å². The van der Waals surface area contributed by atoms with E-state index in [4.69, 9.17) is 5.11 Å². The third kappa shape index (κ3) is 2.00. The van der Waals surface area contributed by atoms with Crippen molar-refractivity contribution >= 4 is 23.0 Å². The summed E-state index contributed by atoms with van der Waals surface area (Å²) in [6, 6.07) is 0. The molecule has 2 heterocycles. The maximum Gasteiger partial charge on any atom is 0.325 e. The quantitative estimate of drug-likeness (QED) is 0.555. The largest absolute Gasteiger partial charge is 0.481 e. The average molecular weight is 223 g/mol. The lowest BCUT2D eigenvalue weighted by Crippen LogP contribution is -2.09. The van der Waals surface area contributed by atoms with Crippen molar-refractivity contribution in [2.75, 3.05) is 11.9 Å². The number of aromatic amines is 2. The Kier molecular flexibility index (Phi) is 2.54. The molecule has 0 spiro atoms. The Morgan fingerprint density at radius 1 is 1.44 bits per heavy atom. The summed E-state index contributed by atoms with van der Waals surface area (Å²) < 4.78 is 0. The van der Waals surface area contributed by atoms with Gasteiger partial charge in [0.05, 0.1) is 6.42 Å². The molecule has 0 aliphatic carbocycles. The number of hydrogen-bond acceptors (Lipinski definition) is 5. The summed E-state index contributed by atoms with van der Waals surface area (Å²) in [6.45, 7) is 0.231. The molecule has 0 unspecified atom stereocenters. The lowest BCUT2D eigenvalue weighted by molar-refractivity contribution is -0.136. The van der Waals surface area contributed by atoms with E-state index in [1.165, 1.54) is 6.33 Å². The molecule has 84 valence electrons. The van der Waals surface area contributed by atoms with Crippen LogP contribution in [0.3, 0.4) is 0 Å². The van der Waals surface area contributed by atoms with Gasteiger partial charge in [-0.2, -0.15) is 0 Å². The van der Waals surface area contributed by atoms with Gasteiger partial charge < -0.3 is 15.4 Å². The molecule has 0 bridgehead atoms. The molecule has 16 heavy (non-hydrogen) atoms. The monoisotopic (exact) mass is 223 g/mol. The van der Waals surface area contributed by atoms with Gasteiger partial charge in [0.1, 0.15) is 11.8 Å². The molecule has 2 rings (SSSR count). The van der Waals surface area contributed by atoms with Gasteiger partial charge in [0.25, 0.3) is 0 Å². The van der Waals surface area contributed by atoms with Crippen LogP contribution in [0.2, 0.25) is 0 Å². The van der Waals surface area contributed by atoms with E-state index in [0.717, 1.165) is 0 Å². The summed E-state index contributed by atoms with van der Waals surface area (Å²) in [5, 5.41) is 11.3. The smallest absolute Gasteiger partial charge is 0.325 e. The molecule has 0 fully saturated rings. The Bertz CT molecular complexity index is 572. The number of aromatic nitrogens is 4. The molecule has 2 aromatic rings. The summed E-state index contributed by atoms with van der Waals surface area (Å²) in [6.07, 6.45) is 1.26. The number of rotatable bonds is 4. The molecular weight excluding hydrogens is 214 g/mol. The standard InChI is InChI=1S/C8H9N5O3/c14-4(15)1-2-9-6-5-7(11-3-10-6)13-8(16)12-5/h3H,1-2H2,(H,14,15)(H3,9,10,11,12,13,16). The molecule has 8 heteroatoms. The normalized spacial score (nSPS) is 10.5. The van der Waals surface area contributed by atoms with Gasteiger partial charge in [-0.25, -0.2) is 14.8 Å². The van der Waals surface area contributed by atoms with Crippen molar-refractivity contribution in [2.24, 2.45) is 0 Å². The van der Waals surface area contributed by atoms with Gasteiger partial charge in [-0.3, -0.25) is 9.78 Å². The number of imidazole rings is 1. The highest BCUT2D eigenvalue weighted by molar-refractivity contribution is 5.82. The number of aliphatic carboxylic acids is 1. The lowest BCUT2D eigenvalue weighted by Gasteiger charge is -2.03. The maximum absolute atomic E-state index is 11.0. The number of H-pyrrole nitrogens is 2. The van der Waals surface area contributed by atoms with Gasteiger partial charge in [-0.15, -0.1) is 0 Å². The van der Waals surface area contributed by atoms with Crippen molar-refractivity contribution in [1.29, 1.82) is 0 Å². The molecule has 2 aromatic heterocycles. The average Bonchev–Trinajstić information content (AvgIpc) is 2.58. The minimum atomic E-state index is -0.902. The second kappa shape index (κ2) is 4.01. The first kappa shape index (κ1) is 10.1. The summed E-state index contributed by atoms with van der Waals surface area (Å²) in [5.41, 5.74) is 0.451. The van der Waals surface area contributed by atoms with E-state index in [0.29, 0.717) is 17.0 Å². The topological polar surface area (TPSA) is 124 Å². The van der Waals surface area contributed by atoms with Crippen LogP contribution in [0.4, 0.5) is 5.82 Å². The minimum Gasteiger partial charge on any atom is -0.481 e. The summed E-state index contributed by atoms with van der Waals surface area (Å²) in [5.74, 6) is -0.495. The number of fused-ring (bicyclic) bond motifs is 1. The van der Waals surface area contributed by atoms with Crippen LogP contribution in [0.25, 0.3) is 11.2 Å². The summed E-state index contributed by atoms with van der Waals surface area (Å²) >= 11 is 0. The van der Waals surface area contributed by atoms with E-state index in [-0.39, 0.29) is 18.7 Å². The Morgan fingerprint density at radius 2 is 2.25 bits per heavy atom. The molecule has 4 N–H and O–H groups in total. The molecule has 0 atom stereocenters. The number of anilines is 1. The van der Waals surface area contributed by atoms with Gasteiger partial charge in [0.15, 0.2) is 11.5 Å². The first-order valence-electron chi connectivity index (χ1n) is 4.55. The van der Waals surface area contributed by atoms with Gasteiger partial charge in [-0.1, -0.05) is 0 Å². The number of nitrogens with one attached hydrogen (secondary N) is 3. The predicted molar refractivity (Wildman–Crippen MR) is 55.3 cm³/mol. The zero-order valence-corrected chi connectivity index (χ0v) is 8.15. The van der Waals surface area contributed by atoms with Gasteiger partial charge >= 0.3 is 11.7 Å². The molecule has 0 aliphatic heterocycles. The molecular formula is C8H9N5O3. The van der Waals surface area contributed by atoms with E-state index >= 15 is 0 Å². The first-order valence-corrected chi connectivity index (χ1v) is 4.55. The van der Waals surface area contributed by atoms with Crippen LogP contribution in [-0.2, 0) is 4.79 Å². The van der Waals surface area contributed by atoms with Crippen LogP contribution >= 0.6 is 0 Å². The highest BCUT2D eigenvalue weighted by Crippen LogP contribution is 2.12. The number of carboxylic acid groups (broad SMARTS) is 1. The maximum atomic E-state index is 11.0. The number of nitrogens with zero attached hydrogens (tertiary/aromatic N) is 2. The molecule has 0 amide bonds. The fraction of sp³-hybridized carbons (Fsp3) is 0.250. The minimum absolute atomic E-state index is 0.0276. The molecule has 0 aliphatic rings. The van der Waals surface area contributed by atoms with Crippen LogP contribution < -0.4 is 11.0 Å². The molecule has 8 nitrogen and oxygen atoms in total. The van der Waals surface area contributed by atoms with E-state index in [1.807, 2.05) is 0 Å². The second-order valence-corrected chi connectivity index (χ2v) is 3.10. The third-order valence-electron chi connectivity index (χ3n) is 1.95.